The Morgan fingerprint density at radius 3 is 2.48 bits per heavy atom. The summed E-state index contributed by atoms with van der Waals surface area (Å²) in [5.74, 6) is 0.573. The number of anilines is 1. The van der Waals surface area contributed by atoms with E-state index < -0.39 is 5.69 Å². The van der Waals surface area contributed by atoms with Gasteiger partial charge in [-0.2, -0.15) is 10.1 Å². The Balaban J connectivity index is 2.10. The molecule has 0 aliphatic carbocycles. The summed E-state index contributed by atoms with van der Waals surface area (Å²) in [6.45, 7) is 4.37. The molecule has 0 unspecified atom stereocenters. The van der Waals surface area contributed by atoms with Crippen LogP contribution in [0.3, 0.4) is 0 Å². The molecule has 2 heterocycles. The number of imidazole rings is 1. The van der Waals surface area contributed by atoms with Crippen molar-refractivity contribution in [3.63, 3.8) is 0 Å². The lowest BCUT2D eigenvalue weighted by molar-refractivity contribution is 0.475. The largest absolute Gasteiger partial charge is 0.508 e. The van der Waals surface area contributed by atoms with Gasteiger partial charge in [0.2, 0.25) is 5.95 Å². The van der Waals surface area contributed by atoms with Gasteiger partial charge < -0.3 is 9.67 Å². The third-order valence-corrected chi connectivity index (χ3v) is 4.40. The van der Waals surface area contributed by atoms with Gasteiger partial charge in [-0.3, -0.25) is 13.9 Å². The van der Waals surface area contributed by atoms with Crippen molar-refractivity contribution in [2.75, 3.05) is 5.43 Å². The Labute approximate surface area is 155 Å². The number of fused-ring (bicyclic) bond motifs is 1. The van der Waals surface area contributed by atoms with E-state index in [2.05, 4.69) is 15.5 Å². The topological polar surface area (TPSA) is 106 Å². The number of phenolic OH excluding ortho intramolecular Hbond substituents is 1. The first-order chi connectivity index (χ1) is 12.8. The number of aromatic nitrogens is 4. The van der Waals surface area contributed by atoms with E-state index >= 15 is 0 Å². The second kappa shape index (κ2) is 7.10. The summed E-state index contributed by atoms with van der Waals surface area (Å²) >= 11 is 0. The van der Waals surface area contributed by atoms with Gasteiger partial charge >= 0.3 is 5.69 Å². The van der Waals surface area contributed by atoms with Crippen LogP contribution < -0.4 is 16.7 Å². The van der Waals surface area contributed by atoms with Gasteiger partial charge in [0.25, 0.3) is 5.56 Å². The van der Waals surface area contributed by atoms with Gasteiger partial charge in [-0.15, -0.1) is 0 Å². The van der Waals surface area contributed by atoms with E-state index in [4.69, 9.17) is 0 Å². The maximum absolute atomic E-state index is 12.6. The quantitative estimate of drug-likeness (QED) is 0.521. The minimum absolute atomic E-state index is 0.181. The fraction of sp³-hybridized carbons (Fsp3) is 0.333. The number of rotatable bonds is 5. The first-order valence-electron chi connectivity index (χ1n) is 8.61. The number of nitrogens with one attached hydrogen (secondary N) is 1. The summed E-state index contributed by atoms with van der Waals surface area (Å²) in [5, 5.41) is 13.7. The van der Waals surface area contributed by atoms with E-state index in [0.29, 0.717) is 29.4 Å². The van der Waals surface area contributed by atoms with Crippen LogP contribution in [-0.4, -0.2) is 29.5 Å². The van der Waals surface area contributed by atoms with E-state index in [1.807, 2.05) is 13.8 Å². The molecule has 0 fully saturated rings. The van der Waals surface area contributed by atoms with Gasteiger partial charge in [-0.05, 0) is 43.2 Å². The van der Waals surface area contributed by atoms with Crippen LogP contribution in [0.1, 0.15) is 25.8 Å². The summed E-state index contributed by atoms with van der Waals surface area (Å²) in [4.78, 5) is 29.2. The highest BCUT2D eigenvalue weighted by atomic mass is 16.3. The second-order valence-corrected chi connectivity index (χ2v) is 6.32. The number of nitrogens with zero attached hydrogens (tertiary/aromatic N) is 5. The standard InChI is InChI=1S/C18H22N6O3/c1-5-10-24-14-15(22(3)18(27)23(4)16(14)26)19-17(24)21-20-11(2)12-6-8-13(25)9-7-12/h6-9,25H,5,10H2,1-4H3,(H,19,21). The van der Waals surface area contributed by atoms with Crippen LogP contribution in [0.2, 0.25) is 0 Å². The average molecular weight is 370 g/mol. The molecule has 0 spiro atoms. The van der Waals surface area contributed by atoms with Crippen LogP contribution in [0.4, 0.5) is 5.95 Å². The van der Waals surface area contributed by atoms with Gasteiger partial charge in [0.05, 0.1) is 5.71 Å². The Hall–Kier alpha value is -3.36. The van der Waals surface area contributed by atoms with Crippen molar-refractivity contribution in [3.05, 3.63) is 50.7 Å². The zero-order chi connectivity index (χ0) is 19.7. The second-order valence-electron chi connectivity index (χ2n) is 6.32. The maximum Gasteiger partial charge on any atom is 0.332 e. The van der Waals surface area contributed by atoms with Crippen molar-refractivity contribution in [2.24, 2.45) is 19.2 Å². The van der Waals surface area contributed by atoms with Crippen LogP contribution in [0, 0.1) is 0 Å². The Kier molecular flexibility index (Phi) is 4.85. The normalized spacial score (nSPS) is 11.9. The highest BCUT2D eigenvalue weighted by Crippen LogP contribution is 2.17. The molecular weight excluding hydrogens is 348 g/mol. The van der Waals surface area contributed by atoms with Crippen molar-refractivity contribution >= 4 is 22.8 Å². The van der Waals surface area contributed by atoms with Gasteiger partial charge in [-0.25, -0.2) is 10.2 Å². The van der Waals surface area contributed by atoms with Gasteiger partial charge in [0, 0.05) is 20.6 Å². The minimum atomic E-state index is -0.427. The van der Waals surface area contributed by atoms with Crippen molar-refractivity contribution in [3.8, 4) is 5.75 Å². The van der Waals surface area contributed by atoms with E-state index in [9.17, 15) is 14.7 Å². The monoisotopic (exact) mass is 370 g/mol. The summed E-state index contributed by atoms with van der Waals surface area (Å²) in [6, 6.07) is 6.68. The summed E-state index contributed by atoms with van der Waals surface area (Å²) in [6.07, 6.45) is 0.785. The predicted molar refractivity (Wildman–Crippen MR) is 104 cm³/mol. The lowest BCUT2D eigenvalue weighted by atomic mass is 10.1. The molecule has 1 aromatic carbocycles. The van der Waals surface area contributed by atoms with Crippen molar-refractivity contribution in [2.45, 2.75) is 26.8 Å². The van der Waals surface area contributed by atoms with Crippen molar-refractivity contribution < 1.29 is 5.11 Å². The van der Waals surface area contributed by atoms with Crippen LogP contribution in [0.25, 0.3) is 11.2 Å². The van der Waals surface area contributed by atoms with E-state index in [1.165, 1.54) is 11.6 Å². The van der Waals surface area contributed by atoms with Crippen LogP contribution in [0.5, 0.6) is 5.75 Å². The molecule has 142 valence electrons. The lowest BCUT2D eigenvalue weighted by Gasteiger charge is -2.08. The fourth-order valence-corrected chi connectivity index (χ4v) is 2.87. The molecule has 3 aromatic rings. The Morgan fingerprint density at radius 2 is 1.85 bits per heavy atom. The zero-order valence-electron chi connectivity index (χ0n) is 15.7. The highest BCUT2D eigenvalue weighted by Gasteiger charge is 2.18. The SMILES string of the molecule is CCCn1c(NN=C(C)c2ccc(O)cc2)nc2c1c(=O)n(C)c(=O)n2C. The number of phenols is 1. The van der Waals surface area contributed by atoms with Gasteiger partial charge in [0.1, 0.15) is 5.75 Å². The van der Waals surface area contributed by atoms with E-state index in [0.717, 1.165) is 16.6 Å². The number of hydrogen-bond donors (Lipinski definition) is 2. The molecule has 0 aliphatic heterocycles. The third kappa shape index (κ3) is 3.23. The van der Waals surface area contributed by atoms with Crippen LogP contribution in [0.15, 0.2) is 39.0 Å². The lowest BCUT2D eigenvalue weighted by Crippen LogP contribution is -2.37. The fourth-order valence-electron chi connectivity index (χ4n) is 2.87. The van der Waals surface area contributed by atoms with Gasteiger partial charge in [0.15, 0.2) is 11.2 Å². The number of benzene rings is 1. The highest BCUT2D eigenvalue weighted by molar-refractivity contribution is 5.99. The Morgan fingerprint density at radius 1 is 1.19 bits per heavy atom. The van der Waals surface area contributed by atoms with E-state index in [-0.39, 0.29) is 11.3 Å². The average Bonchev–Trinajstić information content (AvgIpc) is 3.02. The summed E-state index contributed by atoms with van der Waals surface area (Å²) in [7, 11) is 3.04. The molecule has 0 amide bonds. The predicted octanol–water partition coefficient (Wildman–Crippen LogP) is 1.39. The number of aryl methyl sites for hydroxylation is 2. The molecule has 27 heavy (non-hydrogen) atoms. The van der Waals surface area contributed by atoms with Gasteiger partial charge in [-0.1, -0.05) is 6.92 Å². The molecule has 3 rings (SSSR count). The molecule has 2 N–H and O–H groups in total. The molecule has 9 heteroatoms. The van der Waals surface area contributed by atoms with Crippen LogP contribution >= 0.6 is 0 Å². The summed E-state index contributed by atoms with van der Waals surface area (Å²) in [5.41, 5.74) is 4.29. The minimum Gasteiger partial charge on any atom is -0.508 e. The molecule has 9 nitrogen and oxygen atoms in total. The Bertz CT molecular complexity index is 1140. The molecule has 2 aromatic heterocycles. The number of hydrazone groups is 1. The molecule has 0 saturated carbocycles. The smallest absolute Gasteiger partial charge is 0.332 e. The summed E-state index contributed by atoms with van der Waals surface area (Å²) < 4.78 is 4.17. The molecule has 0 radical (unpaired) electrons. The molecule has 0 aliphatic rings. The van der Waals surface area contributed by atoms with Crippen molar-refractivity contribution in [1.29, 1.82) is 0 Å². The molecular formula is C18H22N6O3. The molecule has 0 bridgehead atoms. The maximum atomic E-state index is 12.6. The first-order valence-corrected chi connectivity index (χ1v) is 8.61. The molecule has 0 saturated heterocycles. The number of hydrogen-bond acceptors (Lipinski definition) is 6. The third-order valence-electron chi connectivity index (χ3n) is 4.40. The first kappa shape index (κ1) is 18.4. The van der Waals surface area contributed by atoms with Crippen LogP contribution in [-0.2, 0) is 20.6 Å². The molecule has 0 atom stereocenters. The van der Waals surface area contributed by atoms with E-state index in [1.54, 1.807) is 35.9 Å². The number of aromatic hydroxyl groups is 1. The zero-order valence-corrected chi connectivity index (χ0v) is 15.7. The van der Waals surface area contributed by atoms with Crippen molar-refractivity contribution in [1.82, 2.24) is 18.7 Å².